The fraction of sp³-hybridized carbons (Fsp3) is 0.480. The second kappa shape index (κ2) is 12.7. The van der Waals surface area contributed by atoms with Crippen LogP contribution in [0.2, 0.25) is 0 Å². The Hall–Kier alpha value is -2.39. The van der Waals surface area contributed by atoms with Crippen molar-refractivity contribution in [3.05, 3.63) is 53.7 Å². The monoisotopic (exact) mass is 535 g/mol. The van der Waals surface area contributed by atoms with Crippen molar-refractivity contribution in [1.29, 1.82) is 0 Å². The number of aromatic nitrogens is 2. The molecule has 36 heavy (non-hydrogen) atoms. The summed E-state index contributed by atoms with van der Waals surface area (Å²) >= 11 is 0. The highest BCUT2D eigenvalue weighted by Gasteiger charge is 2.27. The lowest BCUT2D eigenvalue weighted by atomic mass is 9.87. The summed E-state index contributed by atoms with van der Waals surface area (Å²) in [7, 11) is -6.67. The highest BCUT2D eigenvalue weighted by molar-refractivity contribution is 7.90. The Bertz CT molecular complexity index is 1180. The van der Waals surface area contributed by atoms with Gasteiger partial charge >= 0.3 is 7.60 Å². The van der Waals surface area contributed by atoms with E-state index in [0.717, 1.165) is 37.5 Å². The summed E-state index contributed by atoms with van der Waals surface area (Å²) in [6.45, 7) is 3.96. The number of benzene rings is 1. The van der Waals surface area contributed by atoms with Crippen LogP contribution in [0.1, 0.15) is 63.1 Å². The molecular weight excluding hydrogens is 501 g/mol. The summed E-state index contributed by atoms with van der Waals surface area (Å²) in [5, 5.41) is 2.84. The minimum atomic E-state index is -3.35. The Morgan fingerprint density at radius 2 is 1.75 bits per heavy atom. The van der Waals surface area contributed by atoms with Crippen LogP contribution in [0.25, 0.3) is 6.08 Å². The van der Waals surface area contributed by atoms with Crippen LogP contribution in [0.5, 0.6) is 0 Å². The third kappa shape index (κ3) is 8.06. The minimum absolute atomic E-state index is 0.219. The normalized spacial score (nSPS) is 15.9. The van der Waals surface area contributed by atoms with Crippen LogP contribution in [-0.4, -0.2) is 43.8 Å². The van der Waals surface area contributed by atoms with Crippen LogP contribution in [0.15, 0.2) is 47.4 Å². The van der Waals surface area contributed by atoms with E-state index in [1.54, 1.807) is 38.1 Å². The molecule has 1 heterocycles. The molecule has 11 heteroatoms. The number of carbonyl (C=O) groups excluding carboxylic acids is 1. The number of anilines is 1. The summed E-state index contributed by atoms with van der Waals surface area (Å²) in [6, 6.07) is 6.52. The molecule has 1 fully saturated rings. The lowest BCUT2D eigenvalue weighted by Gasteiger charge is -2.20. The van der Waals surface area contributed by atoms with Crippen molar-refractivity contribution in [3.63, 3.8) is 0 Å². The average Bonchev–Trinajstić information content (AvgIpc) is 3.35. The summed E-state index contributed by atoms with van der Waals surface area (Å²) in [5.41, 5.74) is 1.20. The molecule has 1 aliphatic rings. The molecule has 1 saturated carbocycles. The number of carbonyl (C=O) groups is 1. The predicted molar refractivity (Wildman–Crippen MR) is 139 cm³/mol. The SMILES string of the molecule is CCOP(=O)(/C=C/c1cnc(NC(=O)[C@H](CC2CCCC2)c2ccc(S(C)(=O)=O)cc2)cn1)OCC. The Morgan fingerprint density at radius 1 is 1.11 bits per heavy atom. The van der Waals surface area contributed by atoms with E-state index in [-0.39, 0.29) is 24.0 Å². The minimum Gasteiger partial charge on any atom is -0.309 e. The van der Waals surface area contributed by atoms with E-state index in [9.17, 15) is 17.8 Å². The second-order valence-corrected chi connectivity index (χ2v) is 12.7. The average molecular weight is 536 g/mol. The lowest BCUT2D eigenvalue weighted by Crippen LogP contribution is -2.23. The van der Waals surface area contributed by atoms with E-state index in [1.807, 2.05) is 0 Å². The van der Waals surface area contributed by atoms with Gasteiger partial charge in [0.15, 0.2) is 15.7 Å². The quantitative estimate of drug-likeness (QED) is 0.357. The number of sulfone groups is 1. The first-order valence-electron chi connectivity index (χ1n) is 12.1. The summed E-state index contributed by atoms with van der Waals surface area (Å²) in [6.07, 6.45) is 10.7. The molecule has 0 bridgehead atoms. The summed E-state index contributed by atoms with van der Waals surface area (Å²) in [4.78, 5) is 22.0. The number of hydrogen-bond donors (Lipinski definition) is 1. The maximum absolute atomic E-state index is 13.3. The van der Waals surface area contributed by atoms with E-state index in [0.29, 0.717) is 23.9 Å². The molecule has 1 atom stereocenters. The Labute approximate surface area is 213 Å². The van der Waals surface area contributed by atoms with Gasteiger partial charge in [-0.2, -0.15) is 0 Å². The van der Waals surface area contributed by atoms with Crippen molar-refractivity contribution in [2.24, 2.45) is 5.92 Å². The molecular formula is C25H34N3O6PS. The number of rotatable bonds is 12. The number of nitrogens with one attached hydrogen (secondary N) is 1. The molecule has 0 aliphatic heterocycles. The van der Waals surface area contributed by atoms with Gasteiger partial charge in [0.05, 0.1) is 42.1 Å². The Balaban J connectivity index is 1.74. The van der Waals surface area contributed by atoms with Gasteiger partial charge in [0.1, 0.15) is 0 Å². The van der Waals surface area contributed by atoms with E-state index in [4.69, 9.17) is 9.05 Å². The van der Waals surface area contributed by atoms with E-state index < -0.39 is 23.4 Å². The van der Waals surface area contributed by atoms with Gasteiger partial charge in [-0.1, -0.05) is 37.8 Å². The molecule has 1 amide bonds. The molecule has 1 N–H and O–H groups in total. The van der Waals surface area contributed by atoms with Crippen LogP contribution in [-0.2, 0) is 28.2 Å². The molecule has 1 aromatic heterocycles. The predicted octanol–water partition coefficient (Wildman–Crippen LogP) is 5.42. The van der Waals surface area contributed by atoms with Gasteiger partial charge in [0, 0.05) is 12.1 Å². The summed E-state index contributed by atoms with van der Waals surface area (Å²) < 4.78 is 46.7. The van der Waals surface area contributed by atoms with Crippen LogP contribution in [0, 0.1) is 5.92 Å². The molecule has 3 rings (SSSR count). The van der Waals surface area contributed by atoms with Gasteiger partial charge in [0.2, 0.25) is 5.91 Å². The third-order valence-corrected chi connectivity index (χ3v) is 8.92. The van der Waals surface area contributed by atoms with Crippen molar-refractivity contribution >= 4 is 35.2 Å². The standard InChI is InChI=1S/C25H34N3O6PS/c1-4-33-35(30,34-5-2)15-14-21-17-27-24(18-26-21)28-25(29)23(16-19-8-6-7-9-19)20-10-12-22(13-11-20)36(3,31)32/h10-15,17-19,23H,4-9,16H2,1-3H3,(H,27,28,29)/b15-14+/t23-/m1/s1. The Kier molecular flexibility index (Phi) is 9.96. The van der Waals surface area contributed by atoms with Crippen molar-refractivity contribution in [1.82, 2.24) is 9.97 Å². The molecule has 2 aromatic rings. The maximum Gasteiger partial charge on any atom is 0.354 e. The molecule has 9 nitrogen and oxygen atoms in total. The largest absolute Gasteiger partial charge is 0.354 e. The first-order valence-corrected chi connectivity index (χ1v) is 15.6. The van der Waals surface area contributed by atoms with Gasteiger partial charge in [-0.3, -0.25) is 14.3 Å². The fourth-order valence-corrected chi connectivity index (χ4v) is 6.21. The van der Waals surface area contributed by atoms with Gasteiger partial charge in [0.25, 0.3) is 0 Å². The Morgan fingerprint density at radius 3 is 2.28 bits per heavy atom. The number of amides is 1. The first-order chi connectivity index (χ1) is 17.1. The number of hydrogen-bond acceptors (Lipinski definition) is 8. The summed E-state index contributed by atoms with van der Waals surface area (Å²) in [5.74, 6) is 1.43. The van der Waals surface area contributed by atoms with Gasteiger partial charge in [-0.05, 0) is 50.0 Å². The van der Waals surface area contributed by atoms with Gasteiger partial charge < -0.3 is 14.4 Å². The first kappa shape index (κ1) is 28.2. The molecule has 0 saturated heterocycles. The van der Waals surface area contributed by atoms with Crippen molar-refractivity contribution < 1.29 is 26.8 Å². The molecule has 196 valence electrons. The van der Waals surface area contributed by atoms with Crippen LogP contribution in [0.4, 0.5) is 5.82 Å². The zero-order valence-corrected chi connectivity index (χ0v) is 22.6. The van der Waals surface area contributed by atoms with Crippen LogP contribution < -0.4 is 5.32 Å². The maximum atomic E-state index is 13.3. The zero-order valence-electron chi connectivity index (χ0n) is 20.9. The van der Waals surface area contributed by atoms with Crippen molar-refractivity contribution in [3.8, 4) is 0 Å². The zero-order chi connectivity index (χ0) is 26.2. The van der Waals surface area contributed by atoms with Gasteiger partial charge in [-0.15, -0.1) is 0 Å². The highest BCUT2D eigenvalue weighted by atomic mass is 32.2. The molecule has 1 aliphatic carbocycles. The van der Waals surface area contributed by atoms with E-state index in [2.05, 4.69) is 15.3 Å². The smallest absolute Gasteiger partial charge is 0.309 e. The molecule has 0 radical (unpaired) electrons. The fourth-order valence-electron chi connectivity index (χ4n) is 4.27. The van der Waals surface area contributed by atoms with E-state index >= 15 is 0 Å². The second-order valence-electron chi connectivity index (χ2n) is 8.79. The van der Waals surface area contributed by atoms with Crippen LogP contribution in [0.3, 0.4) is 0 Å². The van der Waals surface area contributed by atoms with Gasteiger partial charge in [-0.25, -0.2) is 13.4 Å². The van der Waals surface area contributed by atoms with Crippen molar-refractivity contribution in [2.45, 2.75) is 56.8 Å². The molecule has 1 aromatic carbocycles. The third-order valence-electron chi connectivity index (χ3n) is 6.04. The van der Waals surface area contributed by atoms with E-state index in [1.165, 1.54) is 24.3 Å². The van der Waals surface area contributed by atoms with Crippen molar-refractivity contribution in [2.75, 3.05) is 24.8 Å². The topological polar surface area (TPSA) is 125 Å². The number of nitrogens with zero attached hydrogens (tertiary/aromatic N) is 2. The molecule has 0 unspecified atom stereocenters. The highest BCUT2D eigenvalue weighted by Crippen LogP contribution is 2.50. The lowest BCUT2D eigenvalue weighted by molar-refractivity contribution is -0.118. The molecule has 0 spiro atoms. The van der Waals surface area contributed by atoms with Crippen LogP contribution >= 0.6 is 7.60 Å².